The molecule has 4 N–H and O–H groups in total. The van der Waals surface area contributed by atoms with E-state index in [1.54, 1.807) is 12.1 Å². The smallest absolute Gasteiger partial charge is 0.268 e. The minimum Gasteiger partial charge on any atom is -0.629 e. The minimum absolute atomic E-state index is 0.00856. The maximum atomic E-state index is 15.0. The zero-order valence-corrected chi connectivity index (χ0v) is 44.9. The summed E-state index contributed by atoms with van der Waals surface area (Å²) in [6.45, 7) is 11.9. The molecule has 2 saturated heterocycles. The Hall–Kier alpha value is -6.02. The molecule has 1 spiro atoms. The van der Waals surface area contributed by atoms with Crippen molar-refractivity contribution in [3.05, 3.63) is 136 Å². The number of nitrogens with one attached hydrogen (secondary N) is 3. The summed E-state index contributed by atoms with van der Waals surface area (Å²) >= 11 is 0. The molecule has 2 atom stereocenters. The number of methoxy groups -OCH3 is 1. The van der Waals surface area contributed by atoms with Crippen molar-refractivity contribution in [3.8, 4) is 17.4 Å². The summed E-state index contributed by atoms with van der Waals surface area (Å²) in [7, 11) is -1.85. The average molecular weight is 1060 g/mol. The summed E-state index contributed by atoms with van der Waals surface area (Å²) in [4.78, 5) is 30.2. The van der Waals surface area contributed by atoms with Crippen molar-refractivity contribution in [2.45, 2.75) is 114 Å². The van der Waals surface area contributed by atoms with Crippen molar-refractivity contribution in [1.29, 1.82) is 0 Å². The number of hydroxylamine groups is 1. The average Bonchev–Trinajstić information content (AvgIpc) is 3.78. The van der Waals surface area contributed by atoms with Crippen LogP contribution in [0.2, 0.25) is 0 Å². The van der Waals surface area contributed by atoms with Gasteiger partial charge in [-0.15, -0.1) is 0 Å². The third kappa shape index (κ3) is 11.5. The Kier molecular flexibility index (Phi) is 15.3. The molecule has 5 aliphatic rings. The quantitative estimate of drug-likeness (QED) is 0.0691. The molecule has 3 aliphatic carbocycles. The van der Waals surface area contributed by atoms with Gasteiger partial charge in [-0.3, -0.25) is 14.6 Å². The number of fused-ring (bicyclic) bond motifs is 1. The molecule has 76 heavy (non-hydrogen) atoms. The number of amides is 1. The summed E-state index contributed by atoms with van der Waals surface area (Å²) in [5.41, 5.74) is 4.75. The zero-order valence-electron chi connectivity index (χ0n) is 44.1. The van der Waals surface area contributed by atoms with E-state index in [0.29, 0.717) is 37.0 Å². The van der Waals surface area contributed by atoms with Gasteiger partial charge < -0.3 is 35.1 Å². The molecular formula is C58H70F2N8O7S. The number of hydrogen-bond donors (Lipinski definition) is 4. The number of rotatable bonds is 16. The van der Waals surface area contributed by atoms with Crippen LogP contribution in [-0.4, -0.2) is 104 Å². The van der Waals surface area contributed by atoms with Crippen LogP contribution >= 0.6 is 0 Å². The molecule has 3 aromatic carbocycles. The number of piperazine rings is 1. The molecule has 4 heterocycles. The summed E-state index contributed by atoms with van der Waals surface area (Å²) in [5, 5.41) is 26.1. The first-order valence-corrected chi connectivity index (χ1v) is 28.2. The number of nitrogens with zero attached hydrogens (tertiary/aromatic N) is 5. The predicted molar refractivity (Wildman–Crippen MR) is 289 cm³/mol. The molecule has 2 aromatic heterocycles. The molecule has 10 rings (SSSR count). The molecule has 2 aliphatic heterocycles. The first-order chi connectivity index (χ1) is 36.4. The fraction of sp³-hybridized carbons (Fsp3) is 0.466. The van der Waals surface area contributed by atoms with E-state index in [4.69, 9.17) is 9.47 Å². The molecule has 15 nitrogen and oxygen atoms in total. The van der Waals surface area contributed by atoms with Gasteiger partial charge in [0.1, 0.15) is 22.3 Å². The van der Waals surface area contributed by atoms with E-state index in [9.17, 15) is 32.3 Å². The number of aliphatic hydroxyl groups is 1. The Morgan fingerprint density at radius 3 is 2.41 bits per heavy atom. The Labute approximate surface area is 444 Å². The number of sulfonamides is 1. The second-order valence-electron chi connectivity index (χ2n) is 22.4. The first kappa shape index (κ1) is 53.4. The highest BCUT2D eigenvalue weighted by atomic mass is 32.2. The van der Waals surface area contributed by atoms with Gasteiger partial charge in [-0.2, -0.15) is 0 Å². The number of carbonyl (C=O) groups excluding carboxylic acids is 1. The van der Waals surface area contributed by atoms with Crippen LogP contribution in [0.5, 0.6) is 17.4 Å². The fourth-order valence-electron chi connectivity index (χ4n) is 12.2. The number of piperidine rings is 1. The molecular weight excluding hydrogens is 991 g/mol. The van der Waals surface area contributed by atoms with E-state index in [-0.39, 0.29) is 74.5 Å². The first-order valence-electron chi connectivity index (χ1n) is 26.7. The molecule has 2 unspecified atom stereocenters. The summed E-state index contributed by atoms with van der Waals surface area (Å²) in [5.74, 6) is -0.711. The summed E-state index contributed by atoms with van der Waals surface area (Å²) in [6.07, 6.45) is 9.80. The number of quaternary nitrogens is 1. The molecule has 1 amide bonds. The topological polar surface area (TPSA) is 177 Å². The van der Waals surface area contributed by atoms with Crippen LogP contribution in [0.4, 0.5) is 26.0 Å². The van der Waals surface area contributed by atoms with Gasteiger partial charge in [0.05, 0.1) is 37.2 Å². The Morgan fingerprint density at radius 1 is 0.961 bits per heavy atom. The molecule has 0 radical (unpaired) electrons. The van der Waals surface area contributed by atoms with Gasteiger partial charge >= 0.3 is 0 Å². The predicted octanol–water partition coefficient (Wildman–Crippen LogP) is 8.83. The highest BCUT2D eigenvalue weighted by Crippen LogP contribution is 2.54. The monoisotopic (exact) mass is 1060 g/mol. The van der Waals surface area contributed by atoms with Crippen molar-refractivity contribution in [3.63, 3.8) is 0 Å². The molecule has 0 bridgehead atoms. The minimum atomic E-state index is -4.59. The van der Waals surface area contributed by atoms with Gasteiger partial charge in [0.25, 0.3) is 21.8 Å². The van der Waals surface area contributed by atoms with E-state index >= 15 is 0 Å². The van der Waals surface area contributed by atoms with E-state index in [1.807, 2.05) is 19.1 Å². The number of halogens is 2. The number of ether oxygens (including phenoxy) is 2. The summed E-state index contributed by atoms with van der Waals surface area (Å²) < 4.78 is 71.0. The van der Waals surface area contributed by atoms with Crippen LogP contribution in [0.25, 0.3) is 5.83 Å². The number of pyridine rings is 2. The lowest BCUT2D eigenvalue weighted by atomic mass is 9.59. The van der Waals surface area contributed by atoms with Crippen molar-refractivity contribution in [2.75, 3.05) is 63.6 Å². The standard InChI is InChI=1S/C58H70F2N8O7S/c1-37(2)44-8-6-7-9-45(44)51-36-66(35-39-10-12-40(59)13-11-39)26-27-68(51)42-31-58(32-42)22-24-67(25-23-58)41-14-15-46(52(28-41)75-53-30-47-48(60)16-17-49(47)63-56(53)74-5)55(69)64-76(72,73)43-29-50(65(4)71)54(62-34-43)61-33-38-18-20-57(3,70)21-19-38/h6-16,28-30,34,37-38,42,51,65,70H,17-27,31-33,35-36H2,1-5H3,(H,61,62)(H,64,69)/t38-,51?,57-. The lowest BCUT2D eigenvalue weighted by Crippen LogP contribution is -2.98. The third-order valence-electron chi connectivity index (χ3n) is 16.7. The van der Waals surface area contributed by atoms with Crippen LogP contribution in [0.3, 0.4) is 0 Å². The van der Waals surface area contributed by atoms with Gasteiger partial charge in [-0.05, 0) is 129 Å². The van der Waals surface area contributed by atoms with Crippen LogP contribution < -0.4 is 29.5 Å². The maximum Gasteiger partial charge on any atom is 0.268 e. The second-order valence-corrected chi connectivity index (χ2v) is 24.0. The van der Waals surface area contributed by atoms with Gasteiger partial charge in [-0.25, -0.2) is 31.9 Å². The largest absolute Gasteiger partial charge is 0.629 e. The van der Waals surface area contributed by atoms with Crippen molar-refractivity contribution >= 4 is 38.9 Å². The Balaban J connectivity index is 0.855. The van der Waals surface area contributed by atoms with Crippen LogP contribution in [-0.2, 0) is 23.0 Å². The van der Waals surface area contributed by atoms with E-state index in [2.05, 4.69) is 72.8 Å². The van der Waals surface area contributed by atoms with Crippen molar-refractivity contribution in [1.82, 2.24) is 24.5 Å². The number of allylic oxidation sites excluding steroid dienone is 1. The van der Waals surface area contributed by atoms with Gasteiger partial charge in [0.2, 0.25) is 0 Å². The Bertz CT molecular complexity index is 3070. The zero-order chi connectivity index (χ0) is 53.5. The van der Waals surface area contributed by atoms with Gasteiger partial charge in [-0.1, -0.05) is 50.2 Å². The maximum absolute atomic E-state index is 15.0. The van der Waals surface area contributed by atoms with Gasteiger partial charge in [0.15, 0.2) is 17.3 Å². The molecule has 5 aromatic rings. The molecule has 404 valence electrons. The van der Waals surface area contributed by atoms with Crippen LogP contribution in [0.1, 0.15) is 122 Å². The molecule has 18 heteroatoms. The SMILES string of the molecule is COc1nc2c(cc1Oc1cc(N3CCC4(CC3)CC(N3CCN(Cc5ccc(F)cc5)CC3c3ccccc3C(C)C)C4)ccc1C(=O)NS(=O)(=O)c1cnc(NC[C@H]3CC[C@](C)(O)CC3)c([NH+](C)[O-])c1)C(F)=CC2. The van der Waals surface area contributed by atoms with E-state index in [1.165, 1.54) is 61.7 Å². The number of anilines is 2. The number of aromatic nitrogens is 2. The normalized spacial score (nSPS) is 22.4. The Morgan fingerprint density at radius 2 is 1.70 bits per heavy atom. The van der Waals surface area contributed by atoms with E-state index < -0.39 is 32.4 Å². The summed E-state index contributed by atoms with van der Waals surface area (Å²) in [6, 6.07) is 24.0. The van der Waals surface area contributed by atoms with Crippen LogP contribution in [0, 0.1) is 22.4 Å². The number of hydrogen-bond acceptors (Lipinski definition) is 13. The van der Waals surface area contributed by atoms with Crippen molar-refractivity contribution in [2.24, 2.45) is 11.3 Å². The number of carbonyl (C=O) groups is 1. The van der Waals surface area contributed by atoms with E-state index in [0.717, 1.165) is 95.2 Å². The second kappa shape index (κ2) is 21.8. The third-order valence-corrected chi connectivity index (χ3v) is 18.0. The lowest BCUT2D eigenvalue weighted by molar-refractivity contribution is -0.751. The van der Waals surface area contributed by atoms with Crippen molar-refractivity contribution < 1.29 is 41.6 Å². The highest BCUT2D eigenvalue weighted by molar-refractivity contribution is 7.90. The van der Waals surface area contributed by atoms with Crippen LogP contribution in [0.15, 0.2) is 96.0 Å². The van der Waals surface area contributed by atoms with Gasteiger partial charge in [0, 0.05) is 87.7 Å². The lowest BCUT2D eigenvalue weighted by Gasteiger charge is -2.58. The molecule has 4 fully saturated rings. The highest BCUT2D eigenvalue weighted by Gasteiger charge is 2.50. The number of benzene rings is 3. The molecule has 2 saturated carbocycles. The fourth-order valence-corrected chi connectivity index (χ4v) is 13.1.